The first-order chi connectivity index (χ1) is 10.8. The highest BCUT2D eigenvalue weighted by Gasteiger charge is 2.46. The van der Waals surface area contributed by atoms with E-state index in [0.29, 0.717) is 6.61 Å². The van der Waals surface area contributed by atoms with Gasteiger partial charge in [0.15, 0.2) is 0 Å². The Bertz CT molecular complexity index is 507. The maximum atomic E-state index is 12.4. The van der Waals surface area contributed by atoms with Crippen molar-refractivity contribution in [3.8, 4) is 0 Å². The van der Waals surface area contributed by atoms with Crippen LogP contribution in [0.3, 0.4) is 0 Å². The molecule has 0 saturated heterocycles. The zero-order chi connectivity index (χ0) is 16.9. The van der Waals surface area contributed by atoms with Crippen molar-refractivity contribution in [2.75, 3.05) is 6.61 Å². The van der Waals surface area contributed by atoms with Crippen LogP contribution in [0.4, 0.5) is 0 Å². The molecule has 5 heteroatoms. The highest BCUT2D eigenvalue weighted by Crippen LogP contribution is 2.39. The summed E-state index contributed by atoms with van der Waals surface area (Å²) >= 11 is 0. The maximum Gasteiger partial charge on any atom is 0.0975 e. The monoisotopic (exact) mass is 339 g/mol. The summed E-state index contributed by atoms with van der Waals surface area (Å²) in [6, 6.07) is 10.1. The molecular weight excluding hydrogens is 310 g/mol. The minimum absolute atomic E-state index is 0.164. The molecule has 1 atom stereocenters. The molecule has 1 aromatic rings. The van der Waals surface area contributed by atoms with E-state index in [-0.39, 0.29) is 23.0 Å². The van der Waals surface area contributed by atoms with Crippen LogP contribution in [0.15, 0.2) is 30.3 Å². The van der Waals surface area contributed by atoms with Crippen LogP contribution in [0.25, 0.3) is 0 Å². The molecule has 2 rings (SSSR count). The molecule has 0 amide bonds. The van der Waals surface area contributed by atoms with Crippen LogP contribution in [0.1, 0.15) is 52.0 Å². The summed E-state index contributed by atoms with van der Waals surface area (Å²) in [7, 11) is -1.10. The molecule has 0 aromatic heterocycles. The second-order valence-electron chi connectivity index (χ2n) is 7.42. The van der Waals surface area contributed by atoms with E-state index in [0.717, 1.165) is 25.7 Å². The van der Waals surface area contributed by atoms with E-state index in [9.17, 15) is 4.21 Å². The minimum atomic E-state index is -1.10. The van der Waals surface area contributed by atoms with E-state index < -0.39 is 11.0 Å². The lowest BCUT2D eigenvalue weighted by Crippen LogP contribution is -2.60. The molecule has 1 aromatic carbocycles. The van der Waals surface area contributed by atoms with Gasteiger partial charge in [-0.05, 0) is 52.0 Å². The Kier molecular flexibility index (Phi) is 6.37. The van der Waals surface area contributed by atoms with Gasteiger partial charge in [-0.1, -0.05) is 30.3 Å². The van der Waals surface area contributed by atoms with Crippen molar-refractivity contribution in [3.05, 3.63) is 35.9 Å². The van der Waals surface area contributed by atoms with Crippen LogP contribution in [-0.4, -0.2) is 32.3 Å². The van der Waals surface area contributed by atoms with Gasteiger partial charge in [0.25, 0.3) is 0 Å². The highest BCUT2D eigenvalue weighted by atomic mass is 32.2. The fraction of sp³-hybridized carbons (Fsp3) is 0.667. The second-order valence-corrected chi connectivity index (χ2v) is 9.38. The molecule has 130 valence electrons. The summed E-state index contributed by atoms with van der Waals surface area (Å²) in [6.45, 7) is 6.69. The van der Waals surface area contributed by atoms with Crippen molar-refractivity contribution in [1.82, 2.24) is 4.72 Å². The number of hydrogen-bond donors (Lipinski definition) is 2. The van der Waals surface area contributed by atoms with Crippen LogP contribution in [0.5, 0.6) is 0 Å². The van der Waals surface area contributed by atoms with Crippen LogP contribution >= 0.6 is 0 Å². The predicted molar refractivity (Wildman–Crippen MR) is 94.3 cm³/mol. The molecule has 0 bridgehead atoms. The summed E-state index contributed by atoms with van der Waals surface area (Å²) in [6.07, 6.45) is 3.44. The van der Waals surface area contributed by atoms with Gasteiger partial charge < -0.3 is 9.84 Å². The van der Waals surface area contributed by atoms with E-state index >= 15 is 0 Å². The second kappa shape index (κ2) is 7.88. The average Bonchev–Trinajstić information content (AvgIpc) is 2.47. The normalized spacial score (nSPS) is 25.8. The van der Waals surface area contributed by atoms with Gasteiger partial charge in [-0.25, -0.2) is 8.93 Å². The maximum absolute atomic E-state index is 12.4. The summed E-state index contributed by atoms with van der Waals surface area (Å²) in [5.74, 6) is 0. The Morgan fingerprint density at radius 2 is 1.96 bits per heavy atom. The predicted octanol–water partition coefficient (Wildman–Crippen LogP) is 2.93. The molecule has 1 fully saturated rings. The Morgan fingerprint density at radius 3 is 2.52 bits per heavy atom. The summed E-state index contributed by atoms with van der Waals surface area (Å²) in [5, 5.41) is 9.13. The van der Waals surface area contributed by atoms with Gasteiger partial charge in [0, 0.05) is 12.1 Å². The lowest BCUT2D eigenvalue weighted by molar-refractivity contribution is -0.0605. The first-order valence-corrected chi connectivity index (χ1v) is 9.46. The quantitative estimate of drug-likeness (QED) is 0.765. The highest BCUT2D eigenvalue weighted by molar-refractivity contribution is 7.84. The van der Waals surface area contributed by atoms with Gasteiger partial charge in [0.2, 0.25) is 0 Å². The number of nitrogens with one attached hydrogen (secondary N) is 1. The molecule has 2 N–H and O–H groups in total. The van der Waals surface area contributed by atoms with E-state index in [1.807, 2.05) is 39.0 Å². The van der Waals surface area contributed by atoms with Crippen molar-refractivity contribution in [3.63, 3.8) is 0 Å². The van der Waals surface area contributed by atoms with Crippen LogP contribution in [0, 0.1) is 0 Å². The van der Waals surface area contributed by atoms with E-state index in [1.165, 1.54) is 5.56 Å². The summed E-state index contributed by atoms with van der Waals surface area (Å²) in [5.41, 5.74) is 1.01. The standard InChI is InChI=1S/C18H29NO3S/c1-17(2,3)23(21)19-18(10-7-11-20)12-16(13-18)22-14-15-8-5-4-6-9-15/h4-6,8-9,16,19-20H,7,10-14H2,1-3H3. The third-order valence-corrected chi connectivity index (χ3v) is 5.97. The molecular formula is C18H29NO3S. The van der Waals surface area contributed by atoms with Gasteiger partial charge in [-0.2, -0.15) is 0 Å². The lowest BCUT2D eigenvalue weighted by Gasteiger charge is -2.48. The fourth-order valence-electron chi connectivity index (χ4n) is 2.82. The van der Waals surface area contributed by atoms with E-state index in [1.54, 1.807) is 0 Å². The molecule has 1 aliphatic rings. The number of benzene rings is 1. The molecule has 1 aliphatic carbocycles. The minimum Gasteiger partial charge on any atom is -0.396 e. The van der Waals surface area contributed by atoms with Crippen molar-refractivity contribution < 1.29 is 14.1 Å². The SMILES string of the molecule is CC(C)(C)S(=O)NC1(CCCO)CC(OCc2ccccc2)C1. The summed E-state index contributed by atoms with van der Waals surface area (Å²) in [4.78, 5) is 0. The molecule has 0 heterocycles. The largest absolute Gasteiger partial charge is 0.396 e. The van der Waals surface area contributed by atoms with Crippen LogP contribution in [0.2, 0.25) is 0 Å². The number of ether oxygens (including phenoxy) is 1. The number of aliphatic hydroxyl groups is 1. The number of hydrogen-bond acceptors (Lipinski definition) is 3. The van der Waals surface area contributed by atoms with E-state index in [4.69, 9.17) is 9.84 Å². The fourth-order valence-corrected chi connectivity index (χ4v) is 3.79. The Balaban J connectivity index is 1.86. The number of rotatable bonds is 8. The van der Waals surface area contributed by atoms with E-state index in [2.05, 4.69) is 16.9 Å². The van der Waals surface area contributed by atoms with Crippen molar-refractivity contribution >= 4 is 11.0 Å². The van der Waals surface area contributed by atoms with Crippen LogP contribution < -0.4 is 4.72 Å². The van der Waals surface area contributed by atoms with Crippen LogP contribution in [-0.2, 0) is 22.3 Å². The Hall–Kier alpha value is -0.750. The third kappa shape index (κ3) is 5.38. The van der Waals surface area contributed by atoms with Gasteiger partial charge >= 0.3 is 0 Å². The Labute approximate surface area is 142 Å². The zero-order valence-corrected chi connectivity index (χ0v) is 15.2. The molecule has 1 unspecified atom stereocenters. The smallest absolute Gasteiger partial charge is 0.0975 e. The van der Waals surface area contributed by atoms with Gasteiger partial charge in [-0.3, -0.25) is 0 Å². The molecule has 23 heavy (non-hydrogen) atoms. The molecule has 0 radical (unpaired) electrons. The Morgan fingerprint density at radius 1 is 1.30 bits per heavy atom. The van der Waals surface area contributed by atoms with Crippen molar-refractivity contribution in [1.29, 1.82) is 0 Å². The van der Waals surface area contributed by atoms with Gasteiger partial charge in [0.1, 0.15) is 0 Å². The molecule has 4 nitrogen and oxygen atoms in total. The molecule has 0 spiro atoms. The van der Waals surface area contributed by atoms with Crippen molar-refractivity contribution in [2.45, 2.75) is 69.5 Å². The zero-order valence-electron chi connectivity index (χ0n) is 14.4. The summed E-state index contributed by atoms with van der Waals surface area (Å²) < 4.78 is 21.4. The topological polar surface area (TPSA) is 58.6 Å². The number of aliphatic hydroxyl groups excluding tert-OH is 1. The van der Waals surface area contributed by atoms with Gasteiger partial charge in [-0.15, -0.1) is 0 Å². The first-order valence-electron chi connectivity index (χ1n) is 8.31. The third-order valence-electron chi connectivity index (χ3n) is 4.24. The lowest BCUT2D eigenvalue weighted by atomic mass is 9.72. The van der Waals surface area contributed by atoms with Crippen molar-refractivity contribution in [2.24, 2.45) is 0 Å². The molecule has 0 aliphatic heterocycles. The first kappa shape index (κ1) is 18.6. The van der Waals surface area contributed by atoms with Gasteiger partial charge in [0.05, 0.1) is 28.4 Å². The average molecular weight is 340 g/mol. The molecule has 1 saturated carbocycles.